The topological polar surface area (TPSA) is 76.1 Å². The minimum absolute atomic E-state index is 0.0586. The standard InChI is InChI=1S/C42H82N2O5/c1-36(2)22-19-24-38(5)29-34-48-41(46)27-15-11-9-13-17-32-44(40(45)26-21-31-43(7)8)33-18-14-10-12-16-28-42(47)49-35-30-39(6)25-20-23-37(3)4/h36-39H,9-35H2,1-8H3. The van der Waals surface area contributed by atoms with E-state index in [2.05, 4.69) is 51.3 Å². The van der Waals surface area contributed by atoms with Crippen LogP contribution in [0.25, 0.3) is 0 Å². The third kappa shape index (κ3) is 33.3. The average Bonchev–Trinajstić information content (AvgIpc) is 3.02. The lowest BCUT2D eigenvalue weighted by molar-refractivity contribution is -0.145. The van der Waals surface area contributed by atoms with Gasteiger partial charge in [-0.1, -0.05) is 119 Å². The molecule has 0 aromatic heterocycles. The van der Waals surface area contributed by atoms with E-state index in [0.717, 1.165) is 115 Å². The zero-order valence-corrected chi connectivity index (χ0v) is 33.8. The Kier molecular flexibility index (Phi) is 31.2. The van der Waals surface area contributed by atoms with Crippen LogP contribution in [0.4, 0.5) is 0 Å². The highest BCUT2D eigenvalue weighted by atomic mass is 16.5. The minimum Gasteiger partial charge on any atom is -0.466 e. The van der Waals surface area contributed by atoms with Crippen LogP contribution >= 0.6 is 0 Å². The van der Waals surface area contributed by atoms with Gasteiger partial charge in [0.05, 0.1) is 13.2 Å². The molecule has 290 valence electrons. The van der Waals surface area contributed by atoms with E-state index in [9.17, 15) is 14.4 Å². The van der Waals surface area contributed by atoms with Gasteiger partial charge < -0.3 is 19.3 Å². The first-order valence-corrected chi connectivity index (χ1v) is 20.6. The molecule has 0 saturated carbocycles. The summed E-state index contributed by atoms with van der Waals surface area (Å²) in [5, 5.41) is 0. The van der Waals surface area contributed by atoms with Crippen LogP contribution < -0.4 is 0 Å². The van der Waals surface area contributed by atoms with E-state index in [-0.39, 0.29) is 17.8 Å². The Morgan fingerprint density at radius 1 is 0.449 bits per heavy atom. The Bertz CT molecular complexity index is 748. The van der Waals surface area contributed by atoms with Crippen LogP contribution in [0.3, 0.4) is 0 Å². The summed E-state index contributed by atoms with van der Waals surface area (Å²) in [6.45, 7) is 17.3. The number of esters is 2. The van der Waals surface area contributed by atoms with Crippen molar-refractivity contribution in [3.63, 3.8) is 0 Å². The number of hydrogen-bond acceptors (Lipinski definition) is 6. The van der Waals surface area contributed by atoms with Crippen LogP contribution in [0.1, 0.15) is 183 Å². The smallest absolute Gasteiger partial charge is 0.305 e. The van der Waals surface area contributed by atoms with Gasteiger partial charge in [0.1, 0.15) is 0 Å². The number of nitrogens with zero attached hydrogens (tertiary/aromatic N) is 2. The lowest BCUT2D eigenvalue weighted by Gasteiger charge is -2.23. The SMILES string of the molecule is CC(C)CCCC(C)CCOC(=O)CCCCCCCN(CCCCCCCC(=O)OCCC(C)CCCC(C)C)C(=O)CCCN(C)C. The zero-order valence-electron chi connectivity index (χ0n) is 33.8. The molecule has 0 fully saturated rings. The van der Waals surface area contributed by atoms with Crippen molar-refractivity contribution in [2.45, 2.75) is 183 Å². The molecule has 0 spiro atoms. The van der Waals surface area contributed by atoms with Crippen molar-refractivity contribution in [1.82, 2.24) is 9.80 Å². The summed E-state index contributed by atoms with van der Waals surface area (Å²) in [4.78, 5) is 41.5. The molecule has 2 atom stereocenters. The van der Waals surface area contributed by atoms with E-state index in [1.54, 1.807) is 0 Å². The highest BCUT2D eigenvalue weighted by Crippen LogP contribution is 2.17. The van der Waals surface area contributed by atoms with Crippen molar-refractivity contribution < 1.29 is 23.9 Å². The van der Waals surface area contributed by atoms with Crippen molar-refractivity contribution in [2.75, 3.05) is 46.9 Å². The van der Waals surface area contributed by atoms with E-state index in [1.807, 2.05) is 14.1 Å². The quantitative estimate of drug-likeness (QED) is 0.0493. The number of rotatable bonds is 34. The van der Waals surface area contributed by atoms with Gasteiger partial charge in [-0.15, -0.1) is 0 Å². The maximum absolute atomic E-state index is 13.0. The number of carbonyl (C=O) groups excluding carboxylic acids is 3. The first kappa shape index (κ1) is 47.4. The van der Waals surface area contributed by atoms with E-state index < -0.39 is 0 Å². The highest BCUT2D eigenvalue weighted by molar-refractivity contribution is 5.76. The van der Waals surface area contributed by atoms with Crippen LogP contribution in [0.15, 0.2) is 0 Å². The summed E-state index contributed by atoms with van der Waals surface area (Å²) >= 11 is 0. The Balaban J connectivity index is 4.11. The summed E-state index contributed by atoms with van der Waals surface area (Å²) in [7, 11) is 4.10. The lowest BCUT2D eigenvalue weighted by atomic mass is 9.98. The fourth-order valence-corrected chi connectivity index (χ4v) is 6.20. The fourth-order valence-electron chi connectivity index (χ4n) is 6.20. The number of unbranched alkanes of at least 4 members (excludes halogenated alkanes) is 8. The van der Waals surface area contributed by atoms with Gasteiger partial charge in [0.15, 0.2) is 0 Å². The Morgan fingerprint density at radius 2 is 0.857 bits per heavy atom. The van der Waals surface area contributed by atoms with Gasteiger partial charge >= 0.3 is 11.9 Å². The molecule has 0 saturated heterocycles. The molecule has 7 nitrogen and oxygen atoms in total. The van der Waals surface area contributed by atoms with Gasteiger partial charge in [-0.2, -0.15) is 0 Å². The van der Waals surface area contributed by atoms with Gasteiger partial charge in [0, 0.05) is 32.4 Å². The van der Waals surface area contributed by atoms with Gasteiger partial charge in [0.2, 0.25) is 5.91 Å². The normalized spacial score (nSPS) is 12.9. The van der Waals surface area contributed by atoms with Crippen molar-refractivity contribution in [3.8, 4) is 0 Å². The Morgan fingerprint density at radius 3 is 1.27 bits per heavy atom. The summed E-state index contributed by atoms with van der Waals surface area (Å²) in [6.07, 6.45) is 22.1. The van der Waals surface area contributed by atoms with Gasteiger partial charge in [-0.25, -0.2) is 0 Å². The molecule has 1 amide bonds. The van der Waals surface area contributed by atoms with Crippen LogP contribution in [-0.2, 0) is 23.9 Å². The summed E-state index contributed by atoms with van der Waals surface area (Å²) in [6, 6.07) is 0. The lowest BCUT2D eigenvalue weighted by Crippen LogP contribution is -2.33. The number of ether oxygens (including phenoxy) is 2. The Hall–Kier alpha value is -1.63. The molecule has 0 aliphatic heterocycles. The van der Waals surface area contributed by atoms with Crippen molar-refractivity contribution >= 4 is 17.8 Å². The molecule has 0 bridgehead atoms. The third-order valence-electron chi connectivity index (χ3n) is 9.67. The molecule has 0 aromatic carbocycles. The van der Waals surface area contributed by atoms with Crippen molar-refractivity contribution in [2.24, 2.45) is 23.7 Å². The second-order valence-corrected chi connectivity index (χ2v) is 16.2. The predicted octanol–water partition coefficient (Wildman–Crippen LogP) is 10.6. The molecular weight excluding hydrogens is 612 g/mol. The second kappa shape index (κ2) is 32.3. The van der Waals surface area contributed by atoms with Gasteiger partial charge in [-0.05, 0) is 89.3 Å². The highest BCUT2D eigenvalue weighted by Gasteiger charge is 2.14. The van der Waals surface area contributed by atoms with E-state index >= 15 is 0 Å². The largest absolute Gasteiger partial charge is 0.466 e. The molecule has 7 heteroatoms. The maximum atomic E-state index is 13.0. The third-order valence-corrected chi connectivity index (χ3v) is 9.67. The van der Waals surface area contributed by atoms with Gasteiger partial charge in [-0.3, -0.25) is 14.4 Å². The number of hydrogen-bond donors (Lipinski definition) is 0. The van der Waals surface area contributed by atoms with Crippen LogP contribution in [-0.4, -0.2) is 74.6 Å². The number of carbonyl (C=O) groups is 3. The molecule has 0 radical (unpaired) electrons. The maximum Gasteiger partial charge on any atom is 0.305 e. The van der Waals surface area contributed by atoms with Crippen LogP contribution in [0.5, 0.6) is 0 Å². The van der Waals surface area contributed by atoms with Crippen molar-refractivity contribution in [1.29, 1.82) is 0 Å². The first-order valence-electron chi connectivity index (χ1n) is 20.6. The molecule has 0 aliphatic rings. The molecule has 0 aliphatic carbocycles. The van der Waals surface area contributed by atoms with E-state index in [0.29, 0.717) is 44.3 Å². The monoisotopic (exact) mass is 695 g/mol. The molecule has 2 unspecified atom stereocenters. The summed E-state index contributed by atoms with van der Waals surface area (Å²) < 4.78 is 11.0. The summed E-state index contributed by atoms with van der Waals surface area (Å²) in [5.41, 5.74) is 0. The van der Waals surface area contributed by atoms with Gasteiger partial charge in [0.25, 0.3) is 0 Å². The molecule has 0 N–H and O–H groups in total. The number of amides is 1. The van der Waals surface area contributed by atoms with Crippen molar-refractivity contribution in [3.05, 3.63) is 0 Å². The predicted molar refractivity (Wildman–Crippen MR) is 207 cm³/mol. The first-order chi connectivity index (χ1) is 23.4. The molecule has 0 aromatic rings. The van der Waals surface area contributed by atoms with E-state index in [1.165, 1.54) is 38.5 Å². The molecular formula is C42H82N2O5. The fraction of sp³-hybridized carbons (Fsp3) is 0.929. The Labute approximate surface area is 304 Å². The molecule has 0 rings (SSSR count). The zero-order chi connectivity index (χ0) is 36.7. The van der Waals surface area contributed by atoms with Crippen LogP contribution in [0.2, 0.25) is 0 Å². The average molecular weight is 695 g/mol. The van der Waals surface area contributed by atoms with E-state index in [4.69, 9.17) is 9.47 Å². The molecule has 0 heterocycles. The molecule has 49 heavy (non-hydrogen) atoms. The minimum atomic E-state index is -0.0586. The van der Waals surface area contributed by atoms with Crippen LogP contribution in [0, 0.1) is 23.7 Å². The summed E-state index contributed by atoms with van der Waals surface area (Å²) in [5.74, 6) is 2.90. The second-order valence-electron chi connectivity index (χ2n) is 16.2.